The zero-order valence-corrected chi connectivity index (χ0v) is 22.9. The second-order valence-electron chi connectivity index (χ2n) is 7.78. The van der Waals surface area contributed by atoms with E-state index in [1.807, 2.05) is 28.8 Å². The molecule has 0 atom stereocenters. The molecule has 1 aromatic heterocycles. The third-order valence-electron chi connectivity index (χ3n) is 5.18. The number of thioether (sulfide) groups is 1. The van der Waals surface area contributed by atoms with Crippen molar-refractivity contribution in [3.63, 3.8) is 0 Å². The largest absolute Gasteiger partial charge is 0.748 e. The lowest BCUT2D eigenvalue weighted by Gasteiger charge is -2.20. The van der Waals surface area contributed by atoms with Gasteiger partial charge in [0.1, 0.15) is 10.5 Å². The van der Waals surface area contributed by atoms with Gasteiger partial charge in [-0.05, 0) is 36.8 Å². The molecule has 0 fully saturated rings. The molecule has 0 saturated carbocycles. The van der Waals surface area contributed by atoms with Gasteiger partial charge in [0.05, 0.1) is 37.0 Å². The van der Waals surface area contributed by atoms with E-state index in [2.05, 4.69) is 15.9 Å². The first-order chi connectivity index (χ1) is 16.4. The van der Waals surface area contributed by atoms with E-state index < -0.39 is 37.6 Å². The highest BCUT2D eigenvalue weighted by Gasteiger charge is 2.28. The van der Waals surface area contributed by atoms with Crippen LogP contribution in [0.1, 0.15) is 17.8 Å². The molecule has 2 heterocycles. The van der Waals surface area contributed by atoms with Gasteiger partial charge in [-0.3, -0.25) is 0 Å². The van der Waals surface area contributed by atoms with Crippen LogP contribution in [0.3, 0.4) is 0 Å². The first-order valence-corrected chi connectivity index (χ1v) is 15.9. The normalized spacial score (nSPS) is 15.3. The van der Waals surface area contributed by atoms with Gasteiger partial charge in [0, 0.05) is 39.9 Å². The molecular formula is C21H19BrFN2O6S4-. The Bertz CT molecular complexity index is 1520. The number of fused-ring (bicyclic) bond motifs is 2. The number of thiazole rings is 1. The summed E-state index contributed by atoms with van der Waals surface area (Å²) in [6.45, 7) is 0.485. The number of hydrogen-bond donors (Lipinski definition) is 0. The SMILES string of the molecule is O=S(=O)([O-])CCCN1/C(=C/c2sc3ccc(Br)cc3[n+]2CCCS(=O)(=O)[O-])Sc2ccc(F)cc21. The zero-order valence-electron chi connectivity index (χ0n) is 18.0. The van der Waals surface area contributed by atoms with E-state index in [1.165, 1.54) is 35.2 Å². The molecule has 0 N–H and O–H groups in total. The van der Waals surface area contributed by atoms with E-state index in [1.54, 1.807) is 11.0 Å². The highest BCUT2D eigenvalue weighted by molar-refractivity contribution is 9.10. The molecule has 4 rings (SSSR count). The van der Waals surface area contributed by atoms with Crippen LogP contribution in [0.5, 0.6) is 0 Å². The van der Waals surface area contributed by atoms with Crippen LogP contribution in [0.15, 0.2) is 50.8 Å². The van der Waals surface area contributed by atoms with Gasteiger partial charge in [-0.1, -0.05) is 39.0 Å². The summed E-state index contributed by atoms with van der Waals surface area (Å²) >= 11 is 6.31. The van der Waals surface area contributed by atoms with Gasteiger partial charge in [-0.2, -0.15) is 4.57 Å². The topological polar surface area (TPSA) is 122 Å². The number of aryl methyl sites for hydroxylation is 1. The predicted molar refractivity (Wildman–Crippen MR) is 136 cm³/mol. The number of rotatable bonds is 9. The second kappa shape index (κ2) is 10.4. The number of aromatic nitrogens is 1. The van der Waals surface area contributed by atoms with E-state index in [0.29, 0.717) is 10.7 Å². The Hall–Kier alpha value is -1.55. The first-order valence-electron chi connectivity index (χ1n) is 10.4. The van der Waals surface area contributed by atoms with Crippen LogP contribution < -0.4 is 9.47 Å². The van der Waals surface area contributed by atoms with Crippen LogP contribution in [-0.4, -0.2) is 44.0 Å². The summed E-state index contributed by atoms with van der Waals surface area (Å²) in [6, 6.07) is 10.1. The summed E-state index contributed by atoms with van der Waals surface area (Å²) in [7, 11) is -8.74. The van der Waals surface area contributed by atoms with Crippen LogP contribution in [0.4, 0.5) is 10.1 Å². The van der Waals surface area contributed by atoms with Crippen LogP contribution >= 0.6 is 39.0 Å². The Kier molecular flexibility index (Phi) is 7.91. The lowest BCUT2D eigenvalue weighted by atomic mass is 10.2. The average Bonchev–Trinajstić information content (AvgIpc) is 3.24. The number of nitrogens with zero attached hydrogens (tertiary/aromatic N) is 2. The lowest BCUT2D eigenvalue weighted by molar-refractivity contribution is -0.668. The third-order valence-corrected chi connectivity index (χ3v) is 9.48. The van der Waals surface area contributed by atoms with Crippen LogP contribution in [0, 0.1) is 5.82 Å². The Balaban J connectivity index is 1.73. The summed E-state index contributed by atoms with van der Waals surface area (Å²) in [4.78, 5) is 2.57. The molecule has 3 aromatic rings. The zero-order chi connectivity index (χ0) is 25.4. The Morgan fingerprint density at radius 3 is 2.46 bits per heavy atom. The molecule has 1 aliphatic rings. The molecule has 0 aliphatic carbocycles. The fraction of sp³-hybridized carbons (Fsp3) is 0.286. The van der Waals surface area contributed by atoms with Gasteiger partial charge in [-0.25, -0.2) is 21.2 Å². The van der Waals surface area contributed by atoms with Crippen molar-refractivity contribution < 1.29 is 34.9 Å². The monoisotopic (exact) mass is 621 g/mol. The van der Waals surface area contributed by atoms with Crippen molar-refractivity contribution in [3.05, 3.63) is 56.7 Å². The standard InChI is InChI=1S/C21H20BrFN2O6S4/c22-14-3-5-18-16(11-14)24(7-1-9-34(26,27)28)20(32-18)13-21-25(8-2-10-35(29,30)31)17-12-15(23)4-6-19(17)33-21/h3-6,11-13H,1-2,7-10H2,(H-,26,27,28,29,30,31)/p-1. The summed E-state index contributed by atoms with van der Waals surface area (Å²) in [5.41, 5.74) is 1.44. The minimum absolute atomic E-state index is 0.0699. The van der Waals surface area contributed by atoms with E-state index in [-0.39, 0.29) is 25.9 Å². The Morgan fingerprint density at radius 2 is 1.74 bits per heavy atom. The molecule has 8 nitrogen and oxygen atoms in total. The number of halogens is 2. The molecular weight excluding hydrogens is 603 g/mol. The third kappa shape index (κ3) is 6.81. The molecule has 0 radical (unpaired) electrons. The van der Waals surface area contributed by atoms with Crippen molar-refractivity contribution in [2.75, 3.05) is 23.0 Å². The Labute approximate surface area is 219 Å². The maximum atomic E-state index is 14.0. The van der Waals surface area contributed by atoms with Gasteiger partial charge in [0.2, 0.25) is 5.52 Å². The molecule has 188 valence electrons. The molecule has 0 saturated heterocycles. The van der Waals surface area contributed by atoms with Gasteiger partial charge < -0.3 is 14.0 Å². The fourth-order valence-corrected chi connectivity index (χ4v) is 7.33. The average molecular weight is 623 g/mol. The van der Waals surface area contributed by atoms with Crippen LogP contribution in [-0.2, 0) is 26.8 Å². The van der Waals surface area contributed by atoms with Crippen molar-refractivity contribution in [2.24, 2.45) is 0 Å². The predicted octanol–water partition coefficient (Wildman–Crippen LogP) is 3.87. The van der Waals surface area contributed by atoms with E-state index in [4.69, 9.17) is 0 Å². The fourth-order valence-electron chi connectivity index (χ4n) is 3.73. The van der Waals surface area contributed by atoms with Crippen LogP contribution in [0.2, 0.25) is 0 Å². The van der Waals surface area contributed by atoms with Gasteiger partial charge in [0.15, 0.2) is 6.54 Å². The molecule has 2 aromatic carbocycles. The molecule has 14 heteroatoms. The maximum absolute atomic E-state index is 14.0. The van der Waals surface area contributed by atoms with Crippen LogP contribution in [0.25, 0.3) is 16.3 Å². The number of benzene rings is 2. The van der Waals surface area contributed by atoms with Gasteiger partial charge in [-0.15, -0.1) is 0 Å². The van der Waals surface area contributed by atoms with Gasteiger partial charge >= 0.3 is 0 Å². The molecule has 0 unspecified atom stereocenters. The smallest absolute Gasteiger partial charge is 0.265 e. The van der Waals surface area contributed by atoms with Crippen molar-refractivity contribution >= 4 is 81.2 Å². The summed E-state index contributed by atoms with van der Waals surface area (Å²) in [5.74, 6) is -1.46. The second-order valence-corrected chi connectivity index (χ2v) is 13.9. The van der Waals surface area contributed by atoms with Crippen molar-refractivity contribution in [2.45, 2.75) is 24.3 Å². The summed E-state index contributed by atoms with van der Waals surface area (Å²) in [5, 5.41) is 1.49. The summed E-state index contributed by atoms with van der Waals surface area (Å²) in [6.07, 6.45) is 2.08. The molecule has 0 spiro atoms. The number of anilines is 1. The van der Waals surface area contributed by atoms with Crippen molar-refractivity contribution in [1.29, 1.82) is 0 Å². The maximum Gasteiger partial charge on any atom is 0.265 e. The number of hydrogen-bond acceptors (Lipinski definition) is 9. The Morgan fingerprint density at radius 1 is 1.03 bits per heavy atom. The lowest BCUT2D eigenvalue weighted by Crippen LogP contribution is -2.36. The van der Waals surface area contributed by atoms with E-state index in [0.717, 1.165) is 24.6 Å². The minimum Gasteiger partial charge on any atom is -0.748 e. The summed E-state index contributed by atoms with van der Waals surface area (Å²) < 4.78 is 84.4. The minimum atomic E-state index is -4.39. The highest BCUT2D eigenvalue weighted by Crippen LogP contribution is 2.47. The van der Waals surface area contributed by atoms with Gasteiger partial charge in [0.25, 0.3) is 5.01 Å². The first kappa shape index (κ1) is 26.5. The molecule has 0 amide bonds. The highest BCUT2D eigenvalue weighted by atomic mass is 79.9. The molecule has 0 bridgehead atoms. The van der Waals surface area contributed by atoms with E-state index >= 15 is 0 Å². The molecule has 1 aliphatic heterocycles. The van der Waals surface area contributed by atoms with Crippen molar-refractivity contribution in [1.82, 2.24) is 0 Å². The quantitative estimate of drug-likeness (QED) is 0.261. The van der Waals surface area contributed by atoms with E-state index in [9.17, 15) is 30.3 Å². The molecule has 35 heavy (non-hydrogen) atoms. The van der Waals surface area contributed by atoms with Crippen molar-refractivity contribution in [3.8, 4) is 0 Å².